The summed E-state index contributed by atoms with van der Waals surface area (Å²) in [6.45, 7) is 4.31. The molecule has 0 bridgehead atoms. The Labute approximate surface area is 124 Å². The summed E-state index contributed by atoms with van der Waals surface area (Å²) in [5.41, 5.74) is 1.99. The first-order chi connectivity index (χ1) is 10.1. The van der Waals surface area contributed by atoms with E-state index < -0.39 is 0 Å². The van der Waals surface area contributed by atoms with Crippen LogP contribution in [0.15, 0.2) is 36.4 Å². The Kier molecular flexibility index (Phi) is 5.37. The summed E-state index contributed by atoms with van der Waals surface area (Å²) in [6.07, 6.45) is 1.06. The molecule has 0 radical (unpaired) electrons. The van der Waals surface area contributed by atoms with Crippen molar-refractivity contribution >= 4 is 5.91 Å². The molecule has 112 valence electrons. The lowest BCUT2D eigenvalue weighted by molar-refractivity contribution is -0.122. The number of nitrogens with zero attached hydrogens (tertiary/aromatic N) is 1. The second-order valence-electron chi connectivity index (χ2n) is 5.13. The molecule has 21 heavy (non-hydrogen) atoms. The Morgan fingerprint density at radius 3 is 2.81 bits per heavy atom. The SMILES string of the molecule is Cc1cc(C[C@@H](C)NC(=O)CCOc2ccccc2)n[nH]1. The molecule has 0 fully saturated rings. The van der Waals surface area contributed by atoms with Gasteiger partial charge in [-0.05, 0) is 32.0 Å². The highest BCUT2D eigenvalue weighted by Gasteiger charge is 2.10. The van der Waals surface area contributed by atoms with Crippen LogP contribution in [0.25, 0.3) is 0 Å². The molecule has 5 nitrogen and oxygen atoms in total. The minimum Gasteiger partial charge on any atom is -0.493 e. The highest BCUT2D eigenvalue weighted by Crippen LogP contribution is 2.08. The highest BCUT2D eigenvalue weighted by molar-refractivity contribution is 5.76. The average molecular weight is 287 g/mol. The second kappa shape index (κ2) is 7.47. The van der Waals surface area contributed by atoms with E-state index in [0.29, 0.717) is 13.0 Å². The van der Waals surface area contributed by atoms with Crippen LogP contribution in [0.4, 0.5) is 0 Å². The van der Waals surface area contributed by atoms with Gasteiger partial charge in [-0.1, -0.05) is 18.2 Å². The van der Waals surface area contributed by atoms with E-state index in [-0.39, 0.29) is 11.9 Å². The number of ether oxygens (including phenoxy) is 1. The van der Waals surface area contributed by atoms with Crippen LogP contribution in [-0.2, 0) is 11.2 Å². The summed E-state index contributed by atoms with van der Waals surface area (Å²) in [5, 5.41) is 10.0. The van der Waals surface area contributed by atoms with Crippen molar-refractivity contribution in [2.75, 3.05) is 6.61 Å². The molecule has 0 aliphatic carbocycles. The van der Waals surface area contributed by atoms with Gasteiger partial charge in [0.05, 0.1) is 18.7 Å². The standard InChI is InChI=1S/C16H21N3O2/c1-12(10-14-11-13(2)18-19-14)17-16(20)8-9-21-15-6-4-3-5-7-15/h3-7,11-12H,8-10H2,1-2H3,(H,17,20)(H,18,19)/t12-/m1/s1. The number of para-hydroxylation sites is 1. The zero-order valence-electron chi connectivity index (χ0n) is 12.4. The Hall–Kier alpha value is -2.30. The molecule has 1 aromatic heterocycles. The number of hydrogen-bond donors (Lipinski definition) is 2. The van der Waals surface area contributed by atoms with Gasteiger partial charge in [0.2, 0.25) is 5.91 Å². The number of rotatable bonds is 7. The van der Waals surface area contributed by atoms with Crippen LogP contribution in [0.5, 0.6) is 5.75 Å². The largest absolute Gasteiger partial charge is 0.493 e. The minimum atomic E-state index is -0.00862. The van der Waals surface area contributed by atoms with E-state index in [1.165, 1.54) is 0 Å². The van der Waals surface area contributed by atoms with Gasteiger partial charge in [-0.2, -0.15) is 5.10 Å². The van der Waals surface area contributed by atoms with Crippen molar-refractivity contribution in [3.8, 4) is 5.75 Å². The molecular weight excluding hydrogens is 266 g/mol. The third-order valence-electron chi connectivity index (χ3n) is 3.02. The van der Waals surface area contributed by atoms with E-state index >= 15 is 0 Å². The van der Waals surface area contributed by atoms with Crippen LogP contribution < -0.4 is 10.1 Å². The summed E-state index contributed by atoms with van der Waals surface area (Å²) < 4.78 is 5.50. The van der Waals surface area contributed by atoms with Gasteiger partial charge in [0.25, 0.3) is 0 Å². The Morgan fingerprint density at radius 1 is 1.38 bits per heavy atom. The molecule has 1 heterocycles. The first-order valence-electron chi connectivity index (χ1n) is 7.11. The number of benzene rings is 1. The van der Waals surface area contributed by atoms with Gasteiger partial charge in [-0.15, -0.1) is 0 Å². The van der Waals surface area contributed by atoms with Gasteiger partial charge in [0.1, 0.15) is 5.75 Å². The summed E-state index contributed by atoms with van der Waals surface area (Å²) in [6, 6.07) is 11.5. The van der Waals surface area contributed by atoms with Crippen LogP contribution in [0.1, 0.15) is 24.7 Å². The van der Waals surface area contributed by atoms with Crippen LogP contribution in [0.3, 0.4) is 0 Å². The van der Waals surface area contributed by atoms with Crippen LogP contribution in [-0.4, -0.2) is 28.8 Å². The van der Waals surface area contributed by atoms with E-state index in [9.17, 15) is 4.79 Å². The lowest BCUT2D eigenvalue weighted by atomic mass is 10.1. The molecule has 0 unspecified atom stereocenters. The molecule has 0 saturated carbocycles. The van der Waals surface area contributed by atoms with Gasteiger partial charge < -0.3 is 10.1 Å². The van der Waals surface area contributed by atoms with E-state index in [0.717, 1.165) is 23.6 Å². The molecular formula is C16H21N3O2. The maximum Gasteiger partial charge on any atom is 0.223 e. The summed E-state index contributed by atoms with van der Waals surface area (Å²) in [4.78, 5) is 11.8. The molecule has 5 heteroatoms. The lowest BCUT2D eigenvalue weighted by Crippen LogP contribution is -2.34. The molecule has 0 aliphatic heterocycles. The number of carbonyl (C=O) groups is 1. The molecule has 0 spiro atoms. The highest BCUT2D eigenvalue weighted by atomic mass is 16.5. The third-order valence-corrected chi connectivity index (χ3v) is 3.02. The fraction of sp³-hybridized carbons (Fsp3) is 0.375. The summed E-state index contributed by atoms with van der Waals surface area (Å²) in [5.74, 6) is 0.774. The van der Waals surface area contributed by atoms with Gasteiger partial charge in [0.15, 0.2) is 0 Å². The van der Waals surface area contributed by atoms with E-state index in [2.05, 4.69) is 15.5 Å². The number of carbonyl (C=O) groups excluding carboxylic acids is 1. The fourth-order valence-electron chi connectivity index (χ4n) is 2.07. The van der Waals surface area contributed by atoms with Crippen molar-refractivity contribution in [1.82, 2.24) is 15.5 Å². The Balaban J connectivity index is 1.67. The number of H-pyrrole nitrogens is 1. The van der Waals surface area contributed by atoms with E-state index in [4.69, 9.17) is 4.74 Å². The zero-order valence-corrected chi connectivity index (χ0v) is 12.4. The number of aryl methyl sites for hydroxylation is 1. The molecule has 1 amide bonds. The van der Waals surface area contributed by atoms with Crippen molar-refractivity contribution in [3.63, 3.8) is 0 Å². The fourth-order valence-corrected chi connectivity index (χ4v) is 2.07. The van der Waals surface area contributed by atoms with E-state index in [1.807, 2.05) is 50.2 Å². The van der Waals surface area contributed by atoms with Gasteiger partial charge in [-0.3, -0.25) is 9.89 Å². The van der Waals surface area contributed by atoms with Gasteiger partial charge in [-0.25, -0.2) is 0 Å². The summed E-state index contributed by atoms with van der Waals surface area (Å²) in [7, 11) is 0. The predicted molar refractivity (Wildman–Crippen MR) is 81.2 cm³/mol. The van der Waals surface area contributed by atoms with E-state index in [1.54, 1.807) is 0 Å². The lowest BCUT2D eigenvalue weighted by Gasteiger charge is -2.12. The number of aromatic amines is 1. The van der Waals surface area contributed by atoms with Crippen molar-refractivity contribution in [2.24, 2.45) is 0 Å². The van der Waals surface area contributed by atoms with Crippen molar-refractivity contribution < 1.29 is 9.53 Å². The van der Waals surface area contributed by atoms with Crippen molar-refractivity contribution in [3.05, 3.63) is 47.8 Å². The molecule has 1 aromatic carbocycles. The smallest absolute Gasteiger partial charge is 0.223 e. The molecule has 0 aliphatic rings. The topological polar surface area (TPSA) is 67.0 Å². The van der Waals surface area contributed by atoms with Crippen molar-refractivity contribution in [1.29, 1.82) is 0 Å². The van der Waals surface area contributed by atoms with Crippen molar-refractivity contribution in [2.45, 2.75) is 32.7 Å². The van der Waals surface area contributed by atoms with Gasteiger partial charge in [0, 0.05) is 18.2 Å². The van der Waals surface area contributed by atoms with Crippen LogP contribution in [0, 0.1) is 6.92 Å². The second-order valence-corrected chi connectivity index (χ2v) is 5.13. The van der Waals surface area contributed by atoms with Gasteiger partial charge >= 0.3 is 0 Å². The first kappa shape index (κ1) is 15.1. The number of hydrogen-bond acceptors (Lipinski definition) is 3. The normalized spacial score (nSPS) is 11.9. The quantitative estimate of drug-likeness (QED) is 0.820. The zero-order chi connectivity index (χ0) is 15.1. The first-order valence-corrected chi connectivity index (χ1v) is 7.11. The molecule has 2 rings (SSSR count). The average Bonchev–Trinajstić information content (AvgIpc) is 2.85. The number of amides is 1. The number of aromatic nitrogens is 2. The maximum absolute atomic E-state index is 11.8. The molecule has 2 aromatic rings. The summed E-state index contributed by atoms with van der Waals surface area (Å²) >= 11 is 0. The predicted octanol–water partition coefficient (Wildman–Crippen LogP) is 2.23. The molecule has 0 saturated heterocycles. The number of nitrogens with one attached hydrogen (secondary N) is 2. The third kappa shape index (κ3) is 5.30. The molecule has 1 atom stereocenters. The Bertz CT molecular complexity index is 566. The minimum absolute atomic E-state index is 0.00862. The molecule has 2 N–H and O–H groups in total. The van der Waals surface area contributed by atoms with Crippen LogP contribution >= 0.6 is 0 Å². The van der Waals surface area contributed by atoms with Crippen LogP contribution in [0.2, 0.25) is 0 Å². The maximum atomic E-state index is 11.8. The monoisotopic (exact) mass is 287 g/mol. The Morgan fingerprint density at radius 2 is 2.14 bits per heavy atom.